The topological polar surface area (TPSA) is 101 Å². The highest BCUT2D eigenvalue weighted by Crippen LogP contribution is 2.32. The van der Waals surface area contributed by atoms with Crippen LogP contribution in [0.25, 0.3) is 11.6 Å². The molecule has 2 aromatic carbocycles. The lowest BCUT2D eigenvalue weighted by Crippen LogP contribution is -2.43. The van der Waals surface area contributed by atoms with Crippen LogP contribution in [0, 0.1) is 0 Å². The third-order valence-corrected chi connectivity index (χ3v) is 6.92. The molecule has 0 aliphatic carbocycles. The van der Waals surface area contributed by atoms with Gasteiger partial charge in [-0.15, -0.1) is 11.3 Å². The third kappa shape index (κ3) is 4.16. The molecule has 1 aliphatic heterocycles. The van der Waals surface area contributed by atoms with Crippen molar-refractivity contribution in [2.24, 2.45) is 5.73 Å². The number of carbonyl (C=O) groups is 2. The number of nitrogens with two attached hydrogens (primary N) is 1. The molecule has 7 nitrogen and oxygen atoms in total. The average Bonchev–Trinajstić information content (AvgIpc) is 3.14. The lowest BCUT2D eigenvalue weighted by molar-refractivity contribution is -0.136. The predicted octanol–water partition coefficient (Wildman–Crippen LogP) is 2.36. The Labute approximate surface area is 207 Å². The average molecular weight is 517 g/mol. The number of benzene rings is 2. The van der Waals surface area contributed by atoms with Crippen LogP contribution in [0.1, 0.15) is 17.2 Å². The zero-order chi connectivity index (χ0) is 24.6. The highest BCUT2D eigenvalue weighted by molar-refractivity contribution is 7.07. The van der Waals surface area contributed by atoms with E-state index in [1.165, 1.54) is 18.8 Å². The van der Waals surface area contributed by atoms with Crippen LogP contribution in [0.2, 0.25) is 10.0 Å². The molecule has 0 radical (unpaired) electrons. The molecule has 1 atom stereocenters. The van der Waals surface area contributed by atoms with Crippen molar-refractivity contribution < 1.29 is 19.1 Å². The van der Waals surface area contributed by atoms with Gasteiger partial charge in [0, 0.05) is 10.0 Å². The van der Waals surface area contributed by atoms with Crippen molar-refractivity contribution in [2.45, 2.75) is 6.04 Å². The summed E-state index contributed by atoms with van der Waals surface area (Å²) >= 11 is 13.1. The number of rotatable bonds is 4. The fraction of sp³-hybridized carbons (Fsp3) is 0.125. The fourth-order valence-corrected chi connectivity index (χ4v) is 5.16. The number of methoxy groups -OCH3 is 2. The van der Waals surface area contributed by atoms with Gasteiger partial charge in [0.25, 0.3) is 5.56 Å². The summed E-state index contributed by atoms with van der Waals surface area (Å²) in [5.74, 6) is -1.55. The molecular formula is C24H18Cl2N2O5S. The van der Waals surface area contributed by atoms with E-state index >= 15 is 0 Å². The minimum atomic E-state index is -0.941. The van der Waals surface area contributed by atoms with E-state index in [1.807, 2.05) is 0 Å². The Kier molecular flexibility index (Phi) is 6.65. The molecule has 34 heavy (non-hydrogen) atoms. The molecule has 0 fully saturated rings. The Balaban J connectivity index is 2.11. The Morgan fingerprint density at radius 3 is 2.09 bits per heavy atom. The van der Waals surface area contributed by atoms with E-state index in [4.69, 9.17) is 38.4 Å². The van der Waals surface area contributed by atoms with Crippen LogP contribution < -0.4 is 20.5 Å². The lowest BCUT2D eigenvalue weighted by Gasteiger charge is -2.27. The number of ether oxygens (including phenoxy) is 2. The van der Waals surface area contributed by atoms with E-state index in [0.717, 1.165) is 16.9 Å². The van der Waals surface area contributed by atoms with Crippen LogP contribution >= 0.6 is 34.5 Å². The van der Waals surface area contributed by atoms with Gasteiger partial charge in [-0.3, -0.25) is 9.36 Å². The van der Waals surface area contributed by atoms with Gasteiger partial charge in [0.2, 0.25) is 0 Å². The molecule has 2 heterocycles. The fourth-order valence-electron chi connectivity index (χ4n) is 3.73. The molecule has 1 unspecified atom stereocenters. The summed E-state index contributed by atoms with van der Waals surface area (Å²) in [5.41, 5.74) is 7.01. The van der Waals surface area contributed by atoms with Gasteiger partial charge in [0.1, 0.15) is 10.2 Å². The summed E-state index contributed by atoms with van der Waals surface area (Å²) in [6, 6.07) is 12.6. The van der Waals surface area contributed by atoms with Gasteiger partial charge in [-0.25, -0.2) is 9.59 Å². The first-order chi connectivity index (χ1) is 16.3. The maximum absolute atomic E-state index is 13.7. The van der Waals surface area contributed by atoms with E-state index in [2.05, 4.69) is 0 Å². The van der Waals surface area contributed by atoms with Crippen molar-refractivity contribution in [1.29, 1.82) is 0 Å². The molecule has 174 valence electrons. The molecule has 0 bridgehead atoms. The molecule has 0 saturated heterocycles. The minimum absolute atomic E-state index is 0.0457. The van der Waals surface area contributed by atoms with Crippen molar-refractivity contribution in [3.05, 3.63) is 101 Å². The smallest absolute Gasteiger partial charge is 0.342 e. The van der Waals surface area contributed by atoms with Gasteiger partial charge in [0.15, 0.2) is 0 Å². The molecule has 10 heteroatoms. The number of halogens is 2. The van der Waals surface area contributed by atoms with Gasteiger partial charge < -0.3 is 15.2 Å². The largest absolute Gasteiger partial charge is 0.466 e. The highest BCUT2D eigenvalue weighted by atomic mass is 35.5. The molecular weight excluding hydrogens is 499 g/mol. The van der Waals surface area contributed by atoms with Gasteiger partial charge in [-0.05, 0) is 41.5 Å². The van der Waals surface area contributed by atoms with E-state index < -0.39 is 23.5 Å². The van der Waals surface area contributed by atoms with Gasteiger partial charge in [0.05, 0.1) is 36.1 Å². The van der Waals surface area contributed by atoms with Crippen LogP contribution in [0.4, 0.5) is 0 Å². The van der Waals surface area contributed by atoms with Gasteiger partial charge in [-0.1, -0.05) is 47.5 Å². The molecule has 2 N–H and O–H groups in total. The summed E-state index contributed by atoms with van der Waals surface area (Å²) < 4.78 is 11.8. The first kappa shape index (κ1) is 23.8. The lowest BCUT2D eigenvalue weighted by atomic mass is 9.92. The first-order valence-corrected chi connectivity index (χ1v) is 11.5. The van der Waals surface area contributed by atoms with Crippen molar-refractivity contribution in [2.75, 3.05) is 14.2 Å². The second-order valence-corrected chi connectivity index (χ2v) is 9.19. The summed E-state index contributed by atoms with van der Waals surface area (Å²) in [4.78, 5) is 39.2. The van der Waals surface area contributed by atoms with E-state index in [9.17, 15) is 14.4 Å². The Morgan fingerprint density at radius 2 is 1.53 bits per heavy atom. The van der Waals surface area contributed by atoms with Crippen LogP contribution in [-0.2, 0) is 19.1 Å². The van der Waals surface area contributed by atoms with E-state index in [1.54, 1.807) is 54.6 Å². The highest BCUT2D eigenvalue weighted by Gasteiger charge is 2.37. The maximum Gasteiger partial charge on any atom is 0.342 e. The monoisotopic (exact) mass is 516 g/mol. The second kappa shape index (κ2) is 9.50. The number of hydrogen-bond acceptors (Lipinski definition) is 7. The second-order valence-electron chi connectivity index (χ2n) is 7.28. The van der Waals surface area contributed by atoms with Gasteiger partial charge >= 0.3 is 11.9 Å². The van der Waals surface area contributed by atoms with Crippen LogP contribution in [0.15, 0.2) is 64.6 Å². The number of thiazole rings is 1. The number of hydrogen-bond donors (Lipinski definition) is 1. The number of esters is 2. The SMILES string of the molecule is COC(=O)C1=C(N)C(C(=O)OC)=c2s/c(=C/c3ccc(Cl)cc3)c(=O)n2C1c1ccc(Cl)cc1. The number of nitrogens with zero attached hydrogens (tertiary/aromatic N) is 1. The number of carbonyl (C=O) groups excluding carboxylic acids is 2. The van der Waals surface area contributed by atoms with Crippen molar-refractivity contribution in [3.63, 3.8) is 0 Å². The Hall–Kier alpha value is -3.33. The molecule has 3 aromatic rings. The molecule has 0 spiro atoms. The summed E-state index contributed by atoms with van der Waals surface area (Å²) in [6.07, 6.45) is 1.68. The Bertz CT molecular complexity index is 1500. The van der Waals surface area contributed by atoms with Crippen LogP contribution in [0.3, 0.4) is 0 Å². The standard InChI is InChI=1S/C24H18Cl2N2O5S/c1-32-23(30)17-19(27)18(24(31)33-2)22-28(20(17)13-5-9-15(26)10-6-13)21(29)16(34-22)11-12-3-7-14(25)8-4-12/h3-11,20H,27H2,1-2H3/b16-11+. The van der Waals surface area contributed by atoms with E-state index in [-0.39, 0.29) is 21.5 Å². The molecule has 4 rings (SSSR count). The van der Waals surface area contributed by atoms with Gasteiger partial charge in [-0.2, -0.15) is 0 Å². The first-order valence-electron chi connectivity index (χ1n) is 9.91. The summed E-state index contributed by atoms with van der Waals surface area (Å²) in [7, 11) is 2.40. The van der Waals surface area contributed by atoms with E-state index in [0.29, 0.717) is 20.1 Å². The predicted molar refractivity (Wildman–Crippen MR) is 131 cm³/mol. The molecule has 1 aromatic heterocycles. The summed E-state index contributed by atoms with van der Waals surface area (Å²) in [6.45, 7) is 0. The van der Waals surface area contributed by atoms with Crippen molar-refractivity contribution >= 4 is 58.1 Å². The maximum atomic E-state index is 13.7. The zero-order valence-electron chi connectivity index (χ0n) is 18.0. The number of fused-ring (bicyclic) bond motifs is 1. The molecule has 0 saturated carbocycles. The Morgan fingerprint density at radius 1 is 0.971 bits per heavy atom. The molecule has 1 aliphatic rings. The normalized spacial score (nSPS) is 15.8. The zero-order valence-corrected chi connectivity index (χ0v) is 20.3. The third-order valence-electron chi connectivity index (χ3n) is 5.31. The molecule has 0 amide bonds. The summed E-state index contributed by atoms with van der Waals surface area (Å²) in [5, 5.41) is 1.04. The minimum Gasteiger partial charge on any atom is -0.466 e. The number of aromatic nitrogens is 1. The van der Waals surface area contributed by atoms with Crippen molar-refractivity contribution in [3.8, 4) is 0 Å². The van der Waals surface area contributed by atoms with Crippen molar-refractivity contribution in [1.82, 2.24) is 4.57 Å². The van der Waals surface area contributed by atoms with Crippen LogP contribution in [-0.4, -0.2) is 30.7 Å². The quantitative estimate of drug-likeness (QED) is 0.534. The van der Waals surface area contributed by atoms with Crippen LogP contribution in [0.5, 0.6) is 0 Å².